The fourth-order valence-corrected chi connectivity index (χ4v) is 3.40. The Morgan fingerprint density at radius 3 is 2.50 bits per heavy atom. The van der Waals surface area contributed by atoms with Gasteiger partial charge in [-0.2, -0.15) is 0 Å². The van der Waals surface area contributed by atoms with Crippen LogP contribution in [0.25, 0.3) is 0 Å². The van der Waals surface area contributed by atoms with Gasteiger partial charge < -0.3 is 10.2 Å². The van der Waals surface area contributed by atoms with Crippen molar-refractivity contribution in [1.82, 2.24) is 4.90 Å². The highest BCUT2D eigenvalue weighted by Crippen LogP contribution is 2.29. The molecule has 1 saturated heterocycles. The molecule has 0 aromatic heterocycles. The molecule has 16 heavy (non-hydrogen) atoms. The third kappa shape index (κ3) is 2.76. The molecule has 3 atom stereocenters. The summed E-state index contributed by atoms with van der Waals surface area (Å²) >= 11 is 0. The standard InChI is InChI=1S/C13H25NO2/c15-10-8-11-5-3-4-9-14(11)12-6-1-2-7-13(12)16/h11-13,15-16H,1-10H2/t11?,12-,13-/m1/s1. The summed E-state index contributed by atoms with van der Waals surface area (Å²) in [5.41, 5.74) is 0. The Balaban J connectivity index is 1.97. The maximum atomic E-state index is 10.1. The Hall–Kier alpha value is -0.120. The van der Waals surface area contributed by atoms with Gasteiger partial charge in [0, 0.05) is 18.7 Å². The molecule has 0 aromatic carbocycles. The first-order valence-corrected chi connectivity index (χ1v) is 6.87. The van der Waals surface area contributed by atoms with Crippen LogP contribution in [0, 0.1) is 0 Å². The summed E-state index contributed by atoms with van der Waals surface area (Å²) in [7, 11) is 0. The van der Waals surface area contributed by atoms with Crippen molar-refractivity contribution in [2.75, 3.05) is 13.2 Å². The average Bonchev–Trinajstić information content (AvgIpc) is 2.31. The molecule has 2 aliphatic rings. The van der Waals surface area contributed by atoms with Crippen LogP contribution in [0.4, 0.5) is 0 Å². The number of hydrogen-bond donors (Lipinski definition) is 2. The quantitative estimate of drug-likeness (QED) is 0.768. The van der Waals surface area contributed by atoms with Gasteiger partial charge in [0.25, 0.3) is 0 Å². The topological polar surface area (TPSA) is 43.7 Å². The van der Waals surface area contributed by atoms with E-state index in [4.69, 9.17) is 5.11 Å². The van der Waals surface area contributed by atoms with Gasteiger partial charge in [-0.3, -0.25) is 4.90 Å². The normalized spacial score (nSPS) is 37.5. The van der Waals surface area contributed by atoms with Crippen LogP contribution >= 0.6 is 0 Å². The molecule has 1 aliphatic heterocycles. The molecule has 3 heteroatoms. The fraction of sp³-hybridized carbons (Fsp3) is 1.00. The van der Waals surface area contributed by atoms with Crippen LogP contribution in [-0.4, -0.2) is 46.5 Å². The van der Waals surface area contributed by atoms with Crippen molar-refractivity contribution >= 4 is 0 Å². The molecule has 0 aromatic rings. The third-order valence-electron chi connectivity index (χ3n) is 4.25. The summed E-state index contributed by atoms with van der Waals surface area (Å²) in [6.45, 7) is 1.40. The molecular formula is C13H25NO2. The largest absolute Gasteiger partial charge is 0.396 e. The molecule has 1 aliphatic carbocycles. The van der Waals surface area contributed by atoms with Crippen molar-refractivity contribution in [3.05, 3.63) is 0 Å². The first kappa shape index (κ1) is 12.3. The number of piperidine rings is 1. The second kappa shape index (κ2) is 5.99. The molecule has 0 amide bonds. The molecule has 3 nitrogen and oxygen atoms in total. The van der Waals surface area contributed by atoms with Gasteiger partial charge in [0.1, 0.15) is 0 Å². The predicted molar refractivity (Wildman–Crippen MR) is 64.3 cm³/mol. The summed E-state index contributed by atoms with van der Waals surface area (Å²) in [5.74, 6) is 0. The monoisotopic (exact) mass is 227 g/mol. The summed E-state index contributed by atoms with van der Waals surface area (Å²) in [6.07, 6.45) is 9.02. The second-order valence-corrected chi connectivity index (χ2v) is 5.32. The van der Waals surface area contributed by atoms with Crippen LogP contribution < -0.4 is 0 Å². The second-order valence-electron chi connectivity index (χ2n) is 5.32. The molecule has 94 valence electrons. The van der Waals surface area contributed by atoms with E-state index in [9.17, 15) is 5.11 Å². The highest BCUT2D eigenvalue weighted by atomic mass is 16.3. The van der Waals surface area contributed by atoms with Crippen molar-refractivity contribution in [2.24, 2.45) is 0 Å². The van der Waals surface area contributed by atoms with E-state index in [1.54, 1.807) is 0 Å². The average molecular weight is 227 g/mol. The van der Waals surface area contributed by atoms with Crippen LogP contribution in [-0.2, 0) is 0 Å². The van der Waals surface area contributed by atoms with Crippen molar-refractivity contribution < 1.29 is 10.2 Å². The number of aliphatic hydroxyl groups excluding tert-OH is 2. The van der Waals surface area contributed by atoms with Crippen molar-refractivity contribution in [1.29, 1.82) is 0 Å². The van der Waals surface area contributed by atoms with E-state index in [1.165, 1.54) is 32.1 Å². The molecular weight excluding hydrogens is 202 g/mol. The first-order valence-electron chi connectivity index (χ1n) is 6.87. The Kier molecular flexibility index (Phi) is 4.62. The zero-order valence-electron chi connectivity index (χ0n) is 10.1. The Labute approximate surface area is 98.5 Å². The number of likely N-dealkylation sites (tertiary alicyclic amines) is 1. The van der Waals surface area contributed by atoms with E-state index in [0.717, 1.165) is 25.8 Å². The van der Waals surface area contributed by atoms with E-state index in [0.29, 0.717) is 12.1 Å². The summed E-state index contributed by atoms with van der Waals surface area (Å²) in [6, 6.07) is 0.877. The first-order chi connectivity index (χ1) is 7.83. The Morgan fingerprint density at radius 2 is 1.75 bits per heavy atom. The number of hydrogen-bond acceptors (Lipinski definition) is 3. The van der Waals surface area contributed by atoms with Crippen LogP contribution in [0.1, 0.15) is 51.4 Å². The fourth-order valence-electron chi connectivity index (χ4n) is 3.40. The van der Waals surface area contributed by atoms with E-state index in [-0.39, 0.29) is 12.7 Å². The van der Waals surface area contributed by atoms with Crippen LogP contribution in [0.5, 0.6) is 0 Å². The van der Waals surface area contributed by atoms with E-state index in [1.807, 2.05) is 0 Å². The lowest BCUT2D eigenvalue weighted by atomic mass is 9.87. The molecule has 0 radical (unpaired) electrons. The van der Waals surface area contributed by atoms with Gasteiger partial charge in [0.15, 0.2) is 0 Å². The molecule has 2 N–H and O–H groups in total. The Morgan fingerprint density at radius 1 is 1.00 bits per heavy atom. The molecule has 1 unspecified atom stereocenters. The highest BCUT2D eigenvalue weighted by Gasteiger charge is 2.33. The van der Waals surface area contributed by atoms with Gasteiger partial charge in [-0.1, -0.05) is 19.3 Å². The minimum Gasteiger partial charge on any atom is -0.396 e. The van der Waals surface area contributed by atoms with Gasteiger partial charge in [0.05, 0.1) is 6.10 Å². The highest BCUT2D eigenvalue weighted by molar-refractivity contribution is 4.88. The molecule has 1 heterocycles. The van der Waals surface area contributed by atoms with E-state index < -0.39 is 0 Å². The minimum atomic E-state index is -0.131. The van der Waals surface area contributed by atoms with Crippen molar-refractivity contribution in [2.45, 2.75) is 69.6 Å². The van der Waals surface area contributed by atoms with E-state index in [2.05, 4.69) is 4.90 Å². The zero-order chi connectivity index (χ0) is 11.4. The van der Waals surface area contributed by atoms with Crippen LogP contribution in [0.3, 0.4) is 0 Å². The molecule has 2 fully saturated rings. The SMILES string of the molecule is OCCC1CCCCN1[C@@H]1CCCC[C@H]1O. The summed E-state index contributed by atoms with van der Waals surface area (Å²) in [4.78, 5) is 2.49. The summed E-state index contributed by atoms with van der Waals surface area (Å²) < 4.78 is 0. The lowest BCUT2D eigenvalue weighted by Gasteiger charge is -2.44. The lowest BCUT2D eigenvalue weighted by molar-refractivity contribution is -0.0202. The predicted octanol–water partition coefficient (Wildman–Crippen LogP) is 1.53. The smallest absolute Gasteiger partial charge is 0.0695 e. The third-order valence-corrected chi connectivity index (χ3v) is 4.25. The maximum Gasteiger partial charge on any atom is 0.0695 e. The molecule has 0 spiro atoms. The maximum absolute atomic E-state index is 10.1. The number of aliphatic hydroxyl groups is 2. The van der Waals surface area contributed by atoms with E-state index >= 15 is 0 Å². The van der Waals surface area contributed by atoms with Gasteiger partial charge >= 0.3 is 0 Å². The Bertz CT molecular complexity index is 208. The van der Waals surface area contributed by atoms with Crippen LogP contribution in [0.15, 0.2) is 0 Å². The molecule has 0 bridgehead atoms. The number of rotatable bonds is 3. The van der Waals surface area contributed by atoms with Gasteiger partial charge in [-0.15, -0.1) is 0 Å². The lowest BCUT2D eigenvalue weighted by Crippen LogP contribution is -2.52. The van der Waals surface area contributed by atoms with Crippen molar-refractivity contribution in [3.63, 3.8) is 0 Å². The van der Waals surface area contributed by atoms with Gasteiger partial charge in [-0.25, -0.2) is 0 Å². The minimum absolute atomic E-state index is 0.131. The molecule has 2 rings (SSSR count). The van der Waals surface area contributed by atoms with Crippen molar-refractivity contribution in [3.8, 4) is 0 Å². The number of nitrogens with zero attached hydrogens (tertiary/aromatic N) is 1. The van der Waals surface area contributed by atoms with Crippen LogP contribution in [0.2, 0.25) is 0 Å². The van der Waals surface area contributed by atoms with Gasteiger partial charge in [-0.05, 0) is 38.6 Å². The van der Waals surface area contributed by atoms with Gasteiger partial charge in [0.2, 0.25) is 0 Å². The summed E-state index contributed by atoms with van der Waals surface area (Å²) in [5, 5.41) is 19.2. The molecule has 1 saturated carbocycles. The zero-order valence-corrected chi connectivity index (χ0v) is 10.1.